The Kier molecular flexibility index (Phi) is 7.24. The highest BCUT2D eigenvalue weighted by atomic mass is 35.5. The van der Waals surface area contributed by atoms with Crippen molar-refractivity contribution in [1.82, 2.24) is 0 Å². The van der Waals surface area contributed by atoms with Crippen LogP contribution in [0.4, 0.5) is 18.9 Å². The highest BCUT2D eigenvalue weighted by Gasteiger charge is 2.33. The highest BCUT2D eigenvalue weighted by molar-refractivity contribution is 6.32. The summed E-state index contributed by atoms with van der Waals surface area (Å²) in [4.78, 5) is 33.6. The molecule has 0 amide bonds. The van der Waals surface area contributed by atoms with Gasteiger partial charge in [-0.2, -0.15) is 13.2 Å². The van der Waals surface area contributed by atoms with Gasteiger partial charge in [0, 0.05) is 6.07 Å². The Morgan fingerprint density at radius 2 is 1.61 bits per heavy atom. The van der Waals surface area contributed by atoms with Crippen LogP contribution in [0, 0.1) is 10.1 Å². The predicted molar refractivity (Wildman–Crippen MR) is 102 cm³/mol. The van der Waals surface area contributed by atoms with E-state index in [1.54, 1.807) is 0 Å². The van der Waals surface area contributed by atoms with E-state index in [4.69, 9.17) is 16.3 Å². The topological polar surface area (TPSA) is 105 Å². The summed E-state index contributed by atoms with van der Waals surface area (Å²) >= 11 is 6.09. The highest BCUT2D eigenvalue weighted by Crippen LogP contribution is 2.39. The molecule has 0 atom stereocenters. The first kappa shape index (κ1) is 23.7. The number of alkyl halides is 3. The van der Waals surface area contributed by atoms with Gasteiger partial charge in [-0.15, -0.1) is 0 Å². The zero-order valence-electron chi connectivity index (χ0n) is 15.9. The molecular formula is C19H13ClF3NO7. The molecule has 164 valence electrons. The van der Waals surface area contributed by atoms with Crippen molar-refractivity contribution in [1.29, 1.82) is 0 Å². The van der Waals surface area contributed by atoms with Crippen molar-refractivity contribution in [2.24, 2.45) is 0 Å². The maximum Gasteiger partial charge on any atom is 0.416 e. The lowest BCUT2D eigenvalue weighted by Gasteiger charge is -2.11. The van der Waals surface area contributed by atoms with Crippen LogP contribution in [0.5, 0.6) is 11.5 Å². The van der Waals surface area contributed by atoms with E-state index in [1.807, 2.05) is 0 Å². The van der Waals surface area contributed by atoms with Crippen molar-refractivity contribution in [3.63, 3.8) is 0 Å². The van der Waals surface area contributed by atoms with Gasteiger partial charge in [-0.05, 0) is 35.9 Å². The van der Waals surface area contributed by atoms with Crippen molar-refractivity contribution < 1.29 is 41.9 Å². The van der Waals surface area contributed by atoms with Gasteiger partial charge in [-0.3, -0.25) is 10.1 Å². The summed E-state index contributed by atoms with van der Waals surface area (Å²) in [6, 6.07) is 5.65. The number of nitrogens with zero attached hydrogens (tertiary/aromatic N) is 1. The number of methoxy groups -OCH3 is 2. The Balaban J connectivity index is 2.41. The number of carbonyl (C=O) groups is 2. The van der Waals surface area contributed by atoms with Gasteiger partial charge in [-0.1, -0.05) is 17.7 Å². The Morgan fingerprint density at radius 1 is 1.03 bits per heavy atom. The molecule has 0 fully saturated rings. The number of halogens is 4. The molecule has 2 aromatic rings. The lowest BCUT2D eigenvalue weighted by atomic mass is 10.1. The van der Waals surface area contributed by atoms with E-state index < -0.39 is 45.6 Å². The quantitative estimate of drug-likeness (QED) is 0.153. The molecule has 0 unspecified atom stereocenters. The molecule has 0 radical (unpaired) electrons. The maximum atomic E-state index is 12.8. The molecule has 0 saturated heterocycles. The normalized spacial score (nSPS) is 10.8. The predicted octanol–water partition coefficient (Wildman–Crippen LogP) is 4.79. The first-order valence-corrected chi connectivity index (χ1v) is 8.57. The van der Waals surface area contributed by atoms with Gasteiger partial charge in [-0.25, -0.2) is 9.59 Å². The number of hydrogen-bond donors (Lipinski definition) is 0. The molecule has 0 heterocycles. The first-order chi connectivity index (χ1) is 14.5. The first-order valence-electron chi connectivity index (χ1n) is 8.19. The molecular weight excluding hydrogens is 447 g/mol. The molecule has 12 heteroatoms. The number of rotatable bonds is 6. The monoisotopic (exact) mass is 459 g/mol. The van der Waals surface area contributed by atoms with E-state index in [2.05, 4.69) is 9.47 Å². The van der Waals surface area contributed by atoms with E-state index in [9.17, 15) is 32.9 Å². The van der Waals surface area contributed by atoms with Gasteiger partial charge >= 0.3 is 23.8 Å². The van der Waals surface area contributed by atoms with Crippen LogP contribution in [0.15, 0.2) is 42.0 Å². The molecule has 0 aromatic heterocycles. The molecule has 2 rings (SSSR count). The fourth-order valence-corrected chi connectivity index (χ4v) is 2.55. The fourth-order valence-electron chi connectivity index (χ4n) is 2.32. The van der Waals surface area contributed by atoms with E-state index in [1.165, 1.54) is 18.2 Å². The third-order valence-electron chi connectivity index (χ3n) is 3.78. The minimum Gasteiger partial charge on any atom is -0.465 e. The molecule has 31 heavy (non-hydrogen) atoms. The van der Waals surface area contributed by atoms with Gasteiger partial charge in [0.15, 0.2) is 0 Å². The second kappa shape index (κ2) is 9.47. The van der Waals surface area contributed by atoms with Crippen LogP contribution in [-0.4, -0.2) is 31.1 Å². The number of benzene rings is 2. The van der Waals surface area contributed by atoms with Gasteiger partial charge in [0.05, 0.1) is 29.7 Å². The van der Waals surface area contributed by atoms with Crippen molar-refractivity contribution in [2.45, 2.75) is 6.18 Å². The lowest BCUT2D eigenvalue weighted by Crippen LogP contribution is -2.15. The van der Waals surface area contributed by atoms with Crippen LogP contribution in [0.3, 0.4) is 0 Å². The third kappa shape index (κ3) is 5.72. The van der Waals surface area contributed by atoms with Gasteiger partial charge in [0.1, 0.15) is 11.3 Å². The van der Waals surface area contributed by atoms with Crippen LogP contribution in [0.2, 0.25) is 5.02 Å². The van der Waals surface area contributed by atoms with E-state index >= 15 is 0 Å². The largest absolute Gasteiger partial charge is 0.465 e. The van der Waals surface area contributed by atoms with E-state index in [-0.39, 0.29) is 16.3 Å². The molecule has 0 aliphatic rings. The summed E-state index contributed by atoms with van der Waals surface area (Å²) in [5.74, 6) is -2.49. The Hall–Kier alpha value is -3.60. The van der Waals surface area contributed by atoms with Crippen LogP contribution in [0.1, 0.15) is 11.1 Å². The standard InChI is InChI=1S/C19H13ClF3NO7/c1-29-17(25)12(18(26)30-2)7-10-3-5-15(13(20)8-10)31-16-6-4-11(19(21,22)23)9-14(16)24(27)28/h3-9H,1-2H3. The molecule has 0 spiro atoms. The van der Waals surface area contributed by atoms with Crippen LogP contribution >= 0.6 is 11.6 Å². The Labute approximate surface area is 177 Å². The average molecular weight is 460 g/mol. The minimum absolute atomic E-state index is 0.1000. The molecule has 0 N–H and O–H groups in total. The zero-order chi connectivity index (χ0) is 23.3. The summed E-state index contributed by atoms with van der Waals surface area (Å²) in [6.45, 7) is 0. The zero-order valence-corrected chi connectivity index (χ0v) is 16.6. The third-order valence-corrected chi connectivity index (χ3v) is 4.08. The van der Waals surface area contributed by atoms with Gasteiger partial charge in [0.25, 0.3) is 0 Å². The second-order valence-electron chi connectivity index (χ2n) is 5.77. The van der Waals surface area contributed by atoms with Crippen LogP contribution in [0.25, 0.3) is 6.08 Å². The summed E-state index contributed by atoms with van der Waals surface area (Å²) < 4.78 is 52.8. The summed E-state index contributed by atoms with van der Waals surface area (Å²) in [5.41, 5.74) is -2.29. The Morgan fingerprint density at radius 3 is 2.10 bits per heavy atom. The number of nitro benzene ring substituents is 1. The smallest absolute Gasteiger partial charge is 0.416 e. The molecule has 0 aliphatic heterocycles. The van der Waals surface area contributed by atoms with Crippen molar-refractivity contribution >= 4 is 35.3 Å². The van der Waals surface area contributed by atoms with E-state index in [0.717, 1.165) is 26.4 Å². The maximum absolute atomic E-state index is 12.8. The summed E-state index contributed by atoms with van der Waals surface area (Å²) in [7, 11) is 2.14. The second-order valence-corrected chi connectivity index (χ2v) is 6.18. The summed E-state index contributed by atoms with van der Waals surface area (Å²) in [5, 5.41) is 11.1. The fraction of sp³-hybridized carbons (Fsp3) is 0.158. The number of nitro groups is 1. The molecule has 2 aromatic carbocycles. The van der Waals surface area contributed by atoms with Gasteiger partial charge in [0.2, 0.25) is 5.75 Å². The molecule has 0 bridgehead atoms. The minimum atomic E-state index is -4.77. The number of esters is 2. The van der Waals surface area contributed by atoms with Crippen LogP contribution < -0.4 is 4.74 Å². The Bertz CT molecular complexity index is 1050. The number of ether oxygens (including phenoxy) is 3. The van der Waals surface area contributed by atoms with Crippen LogP contribution in [-0.2, 0) is 25.2 Å². The molecule has 8 nitrogen and oxygen atoms in total. The van der Waals surface area contributed by atoms with Crippen molar-refractivity contribution in [3.8, 4) is 11.5 Å². The molecule has 0 aliphatic carbocycles. The van der Waals surface area contributed by atoms with Gasteiger partial charge < -0.3 is 14.2 Å². The van der Waals surface area contributed by atoms with Crippen molar-refractivity contribution in [2.75, 3.05) is 14.2 Å². The lowest BCUT2D eigenvalue weighted by molar-refractivity contribution is -0.385. The molecule has 0 saturated carbocycles. The van der Waals surface area contributed by atoms with E-state index in [0.29, 0.717) is 12.1 Å². The SMILES string of the molecule is COC(=O)C(=Cc1ccc(Oc2ccc(C(F)(F)F)cc2[N+](=O)[O-])c(Cl)c1)C(=O)OC. The number of hydrogen-bond acceptors (Lipinski definition) is 7. The summed E-state index contributed by atoms with van der Waals surface area (Å²) in [6.07, 6.45) is -3.64. The van der Waals surface area contributed by atoms with Crippen molar-refractivity contribution in [3.05, 3.63) is 68.2 Å². The number of carbonyl (C=O) groups excluding carboxylic acids is 2. The average Bonchev–Trinajstić information content (AvgIpc) is 2.71.